The van der Waals surface area contributed by atoms with Crippen LogP contribution >= 0.6 is 0 Å². The van der Waals surface area contributed by atoms with Crippen LogP contribution in [-0.2, 0) is 26.0 Å². The second-order valence-corrected chi connectivity index (χ2v) is 9.53. The zero-order chi connectivity index (χ0) is 18.9. The Bertz CT molecular complexity index is 764. The van der Waals surface area contributed by atoms with E-state index in [1.54, 1.807) is 22.8 Å². The Balaban J connectivity index is 1.65. The summed E-state index contributed by atoms with van der Waals surface area (Å²) in [5.41, 5.74) is 0. The van der Waals surface area contributed by atoms with Crippen LogP contribution in [0.4, 0.5) is 0 Å². The number of aromatic nitrogens is 3. The van der Waals surface area contributed by atoms with E-state index >= 15 is 0 Å². The molecule has 144 valence electrons. The average molecular weight is 383 g/mol. The van der Waals surface area contributed by atoms with Crippen molar-refractivity contribution in [1.82, 2.24) is 24.6 Å². The van der Waals surface area contributed by atoms with Gasteiger partial charge < -0.3 is 9.80 Å². The van der Waals surface area contributed by atoms with Crippen molar-refractivity contribution in [3.63, 3.8) is 0 Å². The average Bonchev–Trinajstić information content (AvgIpc) is 3.18. The van der Waals surface area contributed by atoms with Gasteiger partial charge in [0.1, 0.15) is 22.5 Å². The number of likely N-dealkylation sites (tertiary alicyclic amines) is 2. The lowest BCUT2D eigenvalue weighted by Crippen LogP contribution is -2.50. The van der Waals surface area contributed by atoms with Crippen molar-refractivity contribution in [2.45, 2.75) is 44.8 Å². The largest absolute Gasteiger partial charge is 0.342 e. The number of amides is 2. The fourth-order valence-corrected chi connectivity index (χ4v) is 4.75. The third-order valence-electron chi connectivity index (χ3n) is 5.29. The van der Waals surface area contributed by atoms with Crippen molar-refractivity contribution in [2.75, 3.05) is 25.1 Å². The molecule has 0 spiro atoms. The maximum absolute atomic E-state index is 12.3. The number of carbonyl (C=O) groups is 2. The predicted molar refractivity (Wildman–Crippen MR) is 93.7 cm³/mol. The van der Waals surface area contributed by atoms with Gasteiger partial charge in [-0.25, -0.2) is 13.4 Å². The molecule has 0 radical (unpaired) electrons. The first-order valence-electron chi connectivity index (χ1n) is 8.81. The molecule has 0 saturated carbocycles. The molecule has 1 aromatic rings. The van der Waals surface area contributed by atoms with Gasteiger partial charge >= 0.3 is 0 Å². The Morgan fingerprint density at radius 3 is 2.69 bits per heavy atom. The molecule has 0 N–H and O–H groups in total. The van der Waals surface area contributed by atoms with Gasteiger partial charge in [-0.2, -0.15) is 5.10 Å². The predicted octanol–water partition coefficient (Wildman–Crippen LogP) is -0.449. The van der Waals surface area contributed by atoms with Gasteiger partial charge in [0.25, 0.3) is 0 Å². The summed E-state index contributed by atoms with van der Waals surface area (Å²) in [4.78, 5) is 32.2. The molecular weight excluding hydrogens is 358 g/mol. The molecule has 1 aromatic heterocycles. The highest BCUT2D eigenvalue weighted by Crippen LogP contribution is 2.36. The van der Waals surface area contributed by atoms with Crippen molar-refractivity contribution >= 4 is 21.7 Å². The second kappa shape index (κ2) is 7.34. The van der Waals surface area contributed by atoms with Crippen molar-refractivity contribution in [2.24, 2.45) is 5.92 Å². The highest BCUT2D eigenvalue weighted by Gasteiger charge is 2.45. The molecule has 0 aromatic carbocycles. The van der Waals surface area contributed by atoms with Gasteiger partial charge in [0.15, 0.2) is 0 Å². The molecule has 10 heteroatoms. The molecule has 26 heavy (non-hydrogen) atoms. The maximum Gasteiger partial charge on any atom is 0.223 e. The second-order valence-electron chi connectivity index (χ2n) is 7.27. The zero-order valence-corrected chi connectivity index (χ0v) is 15.9. The molecule has 2 aliphatic heterocycles. The van der Waals surface area contributed by atoms with E-state index in [-0.39, 0.29) is 42.0 Å². The Labute approximate surface area is 153 Å². The SMILES string of the molecule is CC(=O)N1[C@H](Cn2cncn2)C[C@@H]2CN(C(=O)CCS(C)(=O)=O)CC[C@@H]21. The highest BCUT2D eigenvalue weighted by atomic mass is 32.2. The van der Waals surface area contributed by atoms with E-state index in [9.17, 15) is 18.0 Å². The smallest absolute Gasteiger partial charge is 0.223 e. The van der Waals surface area contributed by atoms with Crippen LogP contribution in [0.3, 0.4) is 0 Å². The topological polar surface area (TPSA) is 105 Å². The minimum Gasteiger partial charge on any atom is -0.342 e. The molecule has 2 aliphatic rings. The minimum absolute atomic E-state index is 0.0228. The van der Waals surface area contributed by atoms with Crippen molar-refractivity contribution in [3.05, 3.63) is 12.7 Å². The van der Waals surface area contributed by atoms with Gasteiger partial charge in [-0.1, -0.05) is 0 Å². The molecule has 9 nitrogen and oxygen atoms in total. The molecule has 2 amide bonds. The Hall–Kier alpha value is -1.97. The van der Waals surface area contributed by atoms with Gasteiger partial charge in [-0.05, 0) is 18.8 Å². The minimum atomic E-state index is -3.15. The number of sulfone groups is 1. The van der Waals surface area contributed by atoms with E-state index < -0.39 is 9.84 Å². The van der Waals surface area contributed by atoms with E-state index in [1.165, 1.54) is 6.33 Å². The number of fused-ring (bicyclic) bond motifs is 1. The monoisotopic (exact) mass is 383 g/mol. The lowest BCUT2D eigenvalue weighted by molar-refractivity contribution is -0.135. The van der Waals surface area contributed by atoms with Crippen LogP contribution in [0.15, 0.2) is 12.7 Å². The van der Waals surface area contributed by atoms with Crippen LogP contribution < -0.4 is 0 Å². The normalized spacial score (nSPS) is 26.0. The van der Waals surface area contributed by atoms with E-state index in [0.717, 1.165) is 19.1 Å². The summed E-state index contributed by atoms with van der Waals surface area (Å²) in [6.07, 6.45) is 5.81. The zero-order valence-electron chi connectivity index (χ0n) is 15.1. The third kappa shape index (κ3) is 4.22. The van der Waals surface area contributed by atoms with Crippen LogP contribution in [0.1, 0.15) is 26.2 Å². The van der Waals surface area contributed by atoms with Crippen molar-refractivity contribution in [1.29, 1.82) is 0 Å². The van der Waals surface area contributed by atoms with Gasteiger partial charge in [0.2, 0.25) is 11.8 Å². The molecule has 0 aliphatic carbocycles. The van der Waals surface area contributed by atoms with Crippen LogP contribution in [0.25, 0.3) is 0 Å². The van der Waals surface area contributed by atoms with Gasteiger partial charge in [-0.15, -0.1) is 0 Å². The number of nitrogens with zero attached hydrogens (tertiary/aromatic N) is 5. The van der Waals surface area contributed by atoms with E-state index in [4.69, 9.17) is 0 Å². The van der Waals surface area contributed by atoms with Crippen molar-refractivity contribution in [3.8, 4) is 0 Å². The van der Waals surface area contributed by atoms with Crippen molar-refractivity contribution < 1.29 is 18.0 Å². The Kier molecular flexibility index (Phi) is 5.31. The number of carbonyl (C=O) groups excluding carboxylic acids is 2. The number of rotatable bonds is 5. The summed E-state index contributed by atoms with van der Waals surface area (Å²) >= 11 is 0. The first-order chi connectivity index (χ1) is 12.2. The lowest BCUT2D eigenvalue weighted by atomic mass is 9.92. The number of hydrogen-bond donors (Lipinski definition) is 0. The van der Waals surface area contributed by atoms with Crippen LogP contribution in [0.2, 0.25) is 0 Å². The number of piperidine rings is 1. The molecule has 2 saturated heterocycles. The molecule has 0 unspecified atom stereocenters. The maximum atomic E-state index is 12.3. The summed E-state index contributed by atoms with van der Waals surface area (Å²) in [6.45, 7) is 3.31. The van der Waals surface area contributed by atoms with Crippen LogP contribution in [0, 0.1) is 5.92 Å². The Morgan fingerprint density at radius 1 is 1.31 bits per heavy atom. The molecule has 3 atom stereocenters. The fourth-order valence-electron chi connectivity index (χ4n) is 4.20. The van der Waals surface area contributed by atoms with E-state index in [1.807, 2.05) is 4.90 Å². The first-order valence-corrected chi connectivity index (χ1v) is 10.9. The highest BCUT2D eigenvalue weighted by molar-refractivity contribution is 7.90. The number of hydrogen-bond acceptors (Lipinski definition) is 6. The molecular formula is C16H25N5O4S. The first kappa shape index (κ1) is 18.8. The van der Waals surface area contributed by atoms with E-state index in [0.29, 0.717) is 19.6 Å². The van der Waals surface area contributed by atoms with Gasteiger partial charge in [0, 0.05) is 38.7 Å². The summed E-state index contributed by atoms with van der Waals surface area (Å²) in [7, 11) is -3.15. The molecule has 2 fully saturated rings. The molecule has 3 heterocycles. The molecule has 0 bridgehead atoms. The lowest BCUT2D eigenvalue weighted by Gasteiger charge is -2.38. The van der Waals surface area contributed by atoms with Gasteiger partial charge in [-0.3, -0.25) is 14.3 Å². The van der Waals surface area contributed by atoms with Crippen LogP contribution in [0.5, 0.6) is 0 Å². The van der Waals surface area contributed by atoms with Crippen LogP contribution in [-0.4, -0.2) is 82.0 Å². The summed E-state index contributed by atoms with van der Waals surface area (Å²) in [6, 6.07) is 0.162. The molecule has 3 rings (SSSR count). The fraction of sp³-hybridized carbons (Fsp3) is 0.750. The Morgan fingerprint density at radius 2 is 2.08 bits per heavy atom. The third-order valence-corrected chi connectivity index (χ3v) is 6.23. The summed E-state index contributed by atoms with van der Waals surface area (Å²) in [5.74, 6) is 0.0103. The van der Waals surface area contributed by atoms with Gasteiger partial charge in [0.05, 0.1) is 18.3 Å². The van der Waals surface area contributed by atoms with E-state index in [2.05, 4.69) is 10.1 Å². The summed E-state index contributed by atoms with van der Waals surface area (Å²) in [5, 5.41) is 4.13. The summed E-state index contributed by atoms with van der Waals surface area (Å²) < 4.78 is 24.3. The standard InChI is InChI=1S/C16H25N5O4S/c1-12(22)21-14(9-20-11-17-10-18-20)7-13-8-19(5-3-15(13)21)16(23)4-6-26(2,24)25/h10-11,13-15H,3-9H2,1-2H3/t13-,14+,15+/m1/s1. The quantitative estimate of drug-likeness (QED) is 0.682.